The summed E-state index contributed by atoms with van der Waals surface area (Å²) in [6, 6.07) is 9.42. The molecule has 2 aromatic rings. The molecule has 1 atom stereocenters. The number of carbonyl (C=O) groups excluding carboxylic acids is 1. The molecule has 21 heavy (non-hydrogen) atoms. The zero-order chi connectivity index (χ0) is 15.4. The zero-order valence-corrected chi connectivity index (χ0v) is 14.0. The average Bonchev–Trinajstić information content (AvgIpc) is 2.51. The van der Waals surface area contributed by atoms with E-state index in [0.717, 1.165) is 23.1 Å². The number of nitrogens with zero attached hydrogens (tertiary/aromatic N) is 2. The van der Waals surface area contributed by atoms with Crippen LogP contribution >= 0.6 is 23.4 Å². The summed E-state index contributed by atoms with van der Waals surface area (Å²) in [4.78, 5) is 18.7. The van der Waals surface area contributed by atoms with Crippen LogP contribution in [0.25, 0.3) is 10.9 Å². The van der Waals surface area contributed by atoms with Gasteiger partial charge in [-0.3, -0.25) is 4.79 Å². The van der Waals surface area contributed by atoms with Crippen LogP contribution in [0.4, 0.5) is 0 Å². The minimum Gasteiger partial charge on any atom is -0.338 e. The van der Waals surface area contributed by atoms with Gasteiger partial charge in [0.2, 0.25) is 0 Å². The Labute approximate surface area is 134 Å². The fourth-order valence-corrected chi connectivity index (χ4v) is 2.95. The van der Waals surface area contributed by atoms with Gasteiger partial charge in [-0.05, 0) is 37.5 Å². The van der Waals surface area contributed by atoms with Crippen LogP contribution in [0.2, 0.25) is 5.02 Å². The standard InChI is InChI=1S/C16H19ClN2OS/c1-11(8-9-21-3)19(2)16(20)15-10-13(17)12-6-4-5-7-14(12)18-15/h4-7,10-11H,8-9H2,1-3H3. The van der Waals surface area contributed by atoms with Gasteiger partial charge in [-0.1, -0.05) is 29.8 Å². The molecule has 0 saturated heterocycles. The first-order chi connectivity index (χ1) is 10.0. The smallest absolute Gasteiger partial charge is 0.272 e. The Hall–Kier alpha value is -1.26. The van der Waals surface area contributed by atoms with E-state index in [1.807, 2.05) is 31.3 Å². The van der Waals surface area contributed by atoms with E-state index in [-0.39, 0.29) is 11.9 Å². The Kier molecular flexibility index (Phi) is 5.48. The minimum absolute atomic E-state index is 0.0868. The lowest BCUT2D eigenvalue weighted by Crippen LogP contribution is -2.35. The van der Waals surface area contributed by atoms with Crippen LogP contribution in [0.3, 0.4) is 0 Å². The molecule has 0 spiro atoms. The van der Waals surface area contributed by atoms with Gasteiger partial charge in [-0.2, -0.15) is 11.8 Å². The maximum absolute atomic E-state index is 12.5. The third-order valence-electron chi connectivity index (χ3n) is 3.61. The van der Waals surface area contributed by atoms with Crippen LogP contribution in [-0.2, 0) is 0 Å². The van der Waals surface area contributed by atoms with Gasteiger partial charge < -0.3 is 4.90 Å². The fourth-order valence-electron chi connectivity index (χ4n) is 2.11. The molecule has 1 heterocycles. The normalized spacial score (nSPS) is 12.4. The number of amides is 1. The summed E-state index contributed by atoms with van der Waals surface area (Å²) in [6.07, 6.45) is 3.03. The molecule has 2 rings (SSSR count). The van der Waals surface area contributed by atoms with Crippen molar-refractivity contribution in [3.8, 4) is 0 Å². The molecule has 1 unspecified atom stereocenters. The van der Waals surface area contributed by atoms with Crippen LogP contribution in [0.5, 0.6) is 0 Å². The Morgan fingerprint density at radius 3 is 2.86 bits per heavy atom. The summed E-state index contributed by atoms with van der Waals surface area (Å²) in [5.74, 6) is 0.946. The molecule has 3 nitrogen and oxygen atoms in total. The number of rotatable bonds is 5. The van der Waals surface area contributed by atoms with Gasteiger partial charge in [0.1, 0.15) is 5.69 Å². The summed E-state index contributed by atoms with van der Waals surface area (Å²) in [5.41, 5.74) is 1.15. The third-order valence-corrected chi connectivity index (χ3v) is 4.56. The van der Waals surface area contributed by atoms with Crippen molar-refractivity contribution >= 4 is 40.2 Å². The number of aromatic nitrogens is 1. The van der Waals surface area contributed by atoms with Gasteiger partial charge in [-0.15, -0.1) is 0 Å². The van der Waals surface area contributed by atoms with Crippen LogP contribution < -0.4 is 0 Å². The summed E-state index contributed by atoms with van der Waals surface area (Å²) in [5, 5.41) is 1.43. The maximum Gasteiger partial charge on any atom is 0.272 e. The van der Waals surface area contributed by atoms with E-state index >= 15 is 0 Å². The van der Waals surface area contributed by atoms with E-state index in [4.69, 9.17) is 11.6 Å². The highest BCUT2D eigenvalue weighted by Gasteiger charge is 2.19. The highest BCUT2D eigenvalue weighted by Crippen LogP contribution is 2.23. The number of para-hydroxylation sites is 1. The van der Waals surface area contributed by atoms with E-state index in [0.29, 0.717) is 10.7 Å². The first-order valence-corrected chi connectivity index (χ1v) is 8.63. The molecule has 0 aliphatic rings. The topological polar surface area (TPSA) is 33.2 Å². The first kappa shape index (κ1) is 16.1. The van der Waals surface area contributed by atoms with E-state index in [9.17, 15) is 4.79 Å². The van der Waals surface area contributed by atoms with Gasteiger partial charge in [0.25, 0.3) is 5.91 Å². The van der Waals surface area contributed by atoms with Crippen LogP contribution in [0.1, 0.15) is 23.8 Å². The molecule has 0 aliphatic heterocycles. The number of hydrogen-bond acceptors (Lipinski definition) is 3. The van der Waals surface area contributed by atoms with Crippen LogP contribution in [-0.4, -0.2) is 40.9 Å². The second kappa shape index (κ2) is 7.14. The molecule has 5 heteroatoms. The van der Waals surface area contributed by atoms with E-state index in [1.165, 1.54) is 0 Å². The lowest BCUT2D eigenvalue weighted by molar-refractivity contribution is 0.0736. The molecule has 0 N–H and O–H groups in total. The van der Waals surface area contributed by atoms with Crippen molar-refractivity contribution in [3.05, 3.63) is 41.0 Å². The quantitative estimate of drug-likeness (QED) is 0.831. The fraction of sp³-hybridized carbons (Fsp3) is 0.375. The Balaban J connectivity index is 2.27. The van der Waals surface area contributed by atoms with Crippen molar-refractivity contribution in [2.45, 2.75) is 19.4 Å². The van der Waals surface area contributed by atoms with Gasteiger partial charge >= 0.3 is 0 Å². The van der Waals surface area contributed by atoms with Crippen molar-refractivity contribution in [2.24, 2.45) is 0 Å². The maximum atomic E-state index is 12.5. The van der Waals surface area contributed by atoms with Crippen LogP contribution in [0, 0.1) is 0 Å². The van der Waals surface area contributed by atoms with E-state index in [2.05, 4.69) is 18.2 Å². The Morgan fingerprint density at radius 1 is 1.43 bits per heavy atom. The third kappa shape index (κ3) is 3.69. The molecule has 112 valence electrons. The van der Waals surface area contributed by atoms with Crippen molar-refractivity contribution < 1.29 is 4.79 Å². The van der Waals surface area contributed by atoms with Crippen molar-refractivity contribution in [3.63, 3.8) is 0 Å². The summed E-state index contributed by atoms with van der Waals surface area (Å²) in [6.45, 7) is 2.05. The second-order valence-corrected chi connectivity index (χ2v) is 6.45. The van der Waals surface area contributed by atoms with Crippen molar-refractivity contribution in [2.75, 3.05) is 19.1 Å². The molecule has 1 amide bonds. The zero-order valence-electron chi connectivity index (χ0n) is 12.5. The van der Waals surface area contributed by atoms with Crippen molar-refractivity contribution in [1.82, 2.24) is 9.88 Å². The SMILES string of the molecule is CSCCC(C)N(C)C(=O)c1cc(Cl)c2ccccc2n1. The number of pyridine rings is 1. The number of halogens is 1. The van der Waals surface area contributed by atoms with Gasteiger partial charge in [0.15, 0.2) is 0 Å². The Bertz CT molecular complexity index is 647. The lowest BCUT2D eigenvalue weighted by Gasteiger charge is -2.24. The average molecular weight is 323 g/mol. The minimum atomic E-state index is -0.0868. The number of thioether (sulfide) groups is 1. The Morgan fingerprint density at radius 2 is 2.14 bits per heavy atom. The summed E-state index contributed by atoms with van der Waals surface area (Å²) >= 11 is 8.04. The summed E-state index contributed by atoms with van der Waals surface area (Å²) in [7, 11) is 1.82. The molecule has 1 aromatic carbocycles. The van der Waals surface area contributed by atoms with Crippen molar-refractivity contribution in [1.29, 1.82) is 0 Å². The second-order valence-electron chi connectivity index (χ2n) is 5.05. The van der Waals surface area contributed by atoms with Gasteiger partial charge in [-0.25, -0.2) is 4.98 Å². The first-order valence-electron chi connectivity index (χ1n) is 6.86. The predicted octanol–water partition coefficient (Wildman–Crippen LogP) is 4.10. The molecular formula is C16H19ClN2OS. The highest BCUT2D eigenvalue weighted by atomic mass is 35.5. The van der Waals surface area contributed by atoms with E-state index < -0.39 is 0 Å². The van der Waals surface area contributed by atoms with E-state index in [1.54, 1.807) is 22.7 Å². The van der Waals surface area contributed by atoms with Gasteiger partial charge in [0.05, 0.1) is 10.5 Å². The number of fused-ring (bicyclic) bond motifs is 1. The largest absolute Gasteiger partial charge is 0.338 e. The monoisotopic (exact) mass is 322 g/mol. The molecule has 0 aliphatic carbocycles. The molecular weight excluding hydrogens is 304 g/mol. The molecule has 0 bridgehead atoms. The highest BCUT2D eigenvalue weighted by molar-refractivity contribution is 7.98. The number of carbonyl (C=O) groups is 1. The van der Waals surface area contributed by atoms with Crippen LogP contribution in [0.15, 0.2) is 30.3 Å². The lowest BCUT2D eigenvalue weighted by atomic mass is 10.1. The predicted molar refractivity (Wildman–Crippen MR) is 91.3 cm³/mol. The number of hydrogen-bond donors (Lipinski definition) is 0. The molecule has 0 fully saturated rings. The summed E-state index contributed by atoms with van der Waals surface area (Å²) < 4.78 is 0. The molecule has 0 radical (unpaired) electrons. The molecule has 1 aromatic heterocycles. The number of benzene rings is 1. The molecule has 0 saturated carbocycles. The van der Waals surface area contributed by atoms with Gasteiger partial charge in [0, 0.05) is 18.5 Å².